The number of benzene rings is 1. The van der Waals surface area contributed by atoms with E-state index < -0.39 is 0 Å². The molecule has 0 radical (unpaired) electrons. The molecule has 3 rings (SSSR count). The topological polar surface area (TPSA) is 41.6 Å². The third-order valence-electron chi connectivity index (χ3n) is 4.63. The summed E-state index contributed by atoms with van der Waals surface area (Å²) in [6.45, 7) is 8.34. The molecule has 1 aromatic rings. The van der Waals surface area contributed by atoms with Crippen LogP contribution in [0, 0.1) is 5.92 Å². The lowest BCUT2D eigenvalue weighted by atomic mass is 9.93. The minimum absolute atomic E-state index is 0.159. The van der Waals surface area contributed by atoms with Crippen molar-refractivity contribution in [2.24, 2.45) is 5.92 Å². The lowest BCUT2D eigenvalue weighted by Crippen LogP contribution is -2.50. The van der Waals surface area contributed by atoms with Gasteiger partial charge in [0.05, 0.1) is 13.2 Å². The fourth-order valence-electron chi connectivity index (χ4n) is 3.38. The monoisotopic (exact) mass is 288 g/mol. The number of fused-ring (bicyclic) bond motifs is 1. The Morgan fingerprint density at radius 3 is 2.95 bits per heavy atom. The van der Waals surface area contributed by atoms with Crippen LogP contribution in [0.4, 0.5) is 0 Å². The maximum absolute atomic E-state index is 12.7. The summed E-state index contributed by atoms with van der Waals surface area (Å²) in [7, 11) is 0. The summed E-state index contributed by atoms with van der Waals surface area (Å²) in [4.78, 5) is 14.7. The van der Waals surface area contributed by atoms with Crippen LogP contribution in [0.25, 0.3) is 0 Å². The largest absolute Gasteiger partial charge is 0.372 e. The molecule has 21 heavy (non-hydrogen) atoms. The number of amides is 1. The average Bonchev–Trinajstić information content (AvgIpc) is 2.96. The molecule has 2 heterocycles. The molecule has 0 spiro atoms. The van der Waals surface area contributed by atoms with Crippen molar-refractivity contribution in [1.29, 1.82) is 0 Å². The van der Waals surface area contributed by atoms with Crippen LogP contribution in [0.5, 0.6) is 0 Å². The number of hydrogen-bond acceptors (Lipinski definition) is 3. The standard InChI is InChI=1S/C17H24N2O2/c1-3-18-16-6-7-19(9-12(16)2)17(20)13-4-5-14-10-21-11-15(14)8-13/h4-5,8,12,16,18H,3,6-7,9-11H2,1-2H3. The molecule has 1 saturated heterocycles. The van der Waals surface area contributed by atoms with Gasteiger partial charge in [0.15, 0.2) is 0 Å². The Labute approximate surface area is 126 Å². The van der Waals surface area contributed by atoms with Crippen molar-refractivity contribution in [3.05, 3.63) is 34.9 Å². The number of carbonyl (C=O) groups excluding carboxylic acids is 1. The van der Waals surface area contributed by atoms with Gasteiger partial charge >= 0.3 is 0 Å². The first kappa shape index (κ1) is 14.5. The summed E-state index contributed by atoms with van der Waals surface area (Å²) >= 11 is 0. The highest BCUT2D eigenvalue weighted by molar-refractivity contribution is 5.94. The van der Waals surface area contributed by atoms with Gasteiger partial charge in [0.25, 0.3) is 5.91 Å². The molecule has 0 aromatic heterocycles. The molecule has 2 aliphatic rings. The van der Waals surface area contributed by atoms with E-state index in [2.05, 4.69) is 19.2 Å². The first-order chi connectivity index (χ1) is 10.2. The van der Waals surface area contributed by atoms with Crippen LogP contribution in [0.1, 0.15) is 41.8 Å². The van der Waals surface area contributed by atoms with Gasteiger partial charge in [-0.25, -0.2) is 0 Å². The van der Waals surface area contributed by atoms with Gasteiger partial charge in [0.1, 0.15) is 0 Å². The minimum Gasteiger partial charge on any atom is -0.372 e. The van der Waals surface area contributed by atoms with E-state index in [1.54, 1.807) is 0 Å². The average molecular weight is 288 g/mol. The van der Waals surface area contributed by atoms with Crippen molar-refractivity contribution < 1.29 is 9.53 Å². The Kier molecular flexibility index (Phi) is 4.27. The summed E-state index contributed by atoms with van der Waals surface area (Å²) in [5.41, 5.74) is 3.18. The zero-order chi connectivity index (χ0) is 14.8. The highest BCUT2D eigenvalue weighted by Gasteiger charge is 2.28. The second-order valence-electron chi connectivity index (χ2n) is 6.16. The highest BCUT2D eigenvalue weighted by atomic mass is 16.5. The predicted molar refractivity (Wildman–Crippen MR) is 82.1 cm³/mol. The normalized spacial score (nSPS) is 25.0. The van der Waals surface area contributed by atoms with Gasteiger partial charge < -0.3 is 15.0 Å². The number of carbonyl (C=O) groups is 1. The minimum atomic E-state index is 0.159. The van der Waals surface area contributed by atoms with Crippen LogP contribution in [0.3, 0.4) is 0 Å². The Balaban J connectivity index is 1.69. The Bertz CT molecular complexity index is 530. The second-order valence-corrected chi connectivity index (χ2v) is 6.16. The van der Waals surface area contributed by atoms with Crippen molar-refractivity contribution in [3.63, 3.8) is 0 Å². The van der Waals surface area contributed by atoms with Crippen LogP contribution in [0.15, 0.2) is 18.2 Å². The van der Waals surface area contributed by atoms with Crippen LogP contribution in [-0.4, -0.2) is 36.5 Å². The first-order valence-electron chi connectivity index (χ1n) is 7.91. The van der Waals surface area contributed by atoms with Crippen molar-refractivity contribution in [1.82, 2.24) is 10.2 Å². The molecule has 2 atom stereocenters. The van der Waals surface area contributed by atoms with Crippen LogP contribution in [-0.2, 0) is 18.0 Å². The molecule has 4 nitrogen and oxygen atoms in total. The second kappa shape index (κ2) is 6.16. The molecule has 1 fully saturated rings. The molecule has 1 aromatic carbocycles. The molecular formula is C17H24N2O2. The molecule has 1 amide bonds. The summed E-state index contributed by atoms with van der Waals surface area (Å²) in [6.07, 6.45) is 1.04. The van der Waals surface area contributed by atoms with Crippen LogP contribution in [0.2, 0.25) is 0 Å². The summed E-state index contributed by atoms with van der Waals surface area (Å²) in [6, 6.07) is 6.51. The van der Waals surface area contributed by atoms with Crippen molar-refractivity contribution in [2.75, 3.05) is 19.6 Å². The van der Waals surface area contributed by atoms with Crippen molar-refractivity contribution >= 4 is 5.91 Å². The Hall–Kier alpha value is -1.39. The van der Waals surface area contributed by atoms with Crippen molar-refractivity contribution in [3.8, 4) is 0 Å². The number of hydrogen-bond donors (Lipinski definition) is 1. The summed E-state index contributed by atoms with van der Waals surface area (Å²) < 4.78 is 5.42. The molecule has 0 aliphatic carbocycles. The van der Waals surface area contributed by atoms with E-state index in [4.69, 9.17) is 4.74 Å². The maximum Gasteiger partial charge on any atom is 0.253 e. The number of rotatable bonds is 3. The summed E-state index contributed by atoms with van der Waals surface area (Å²) in [5.74, 6) is 0.659. The van der Waals surface area contributed by atoms with Crippen LogP contribution < -0.4 is 5.32 Å². The van der Waals surface area contributed by atoms with Gasteiger partial charge in [0, 0.05) is 24.7 Å². The lowest BCUT2D eigenvalue weighted by Gasteiger charge is -2.37. The molecule has 4 heteroatoms. The number of piperidine rings is 1. The molecule has 114 valence electrons. The van der Waals surface area contributed by atoms with E-state index in [-0.39, 0.29) is 5.91 Å². The molecular weight excluding hydrogens is 264 g/mol. The number of nitrogens with one attached hydrogen (secondary N) is 1. The molecule has 2 aliphatic heterocycles. The third-order valence-corrected chi connectivity index (χ3v) is 4.63. The fourth-order valence-corrected chi connectivity index (χ4v) is 3.38. The smallest absolute Gasteiger partial charge is 0.253 e. The maximum atomic E-state index is 12.7. The predicted octanol–water partition coefficient (Wildman–Crippen LogP) is 2.18. The van der Waals surface area contributed by atoms with E-state index in [9.17, 15) is 4.79 Å². The zero-order valence-electron chi connectivity index (χ0n) is 12.9. The Morgan fingerprint density at radius 2 is 2.19 bits per heavy atom. The van der Waals surface area contributed by atoms with E-state index in [0.29, 0.717) is 25.2 Å². The third kappa shape index (κ3) is 2.97. The van der Waals surface area contributed by atoms with E-state index in [1.807, 2.05) is 23.1 Å². The SMILES string of the molecule is CCNC1CCN(C(=O)c2ccc3c(c2)COC3)CC1C. The van der Waals surface area contributed by atoms with Gasteiger partial charge in [-0.1, -0.05) is 19.9 Å². The highest BCUT2D eigenvalue weighted by Crippen LogP contribution is 2.23. The zero-order valence-corrected chi connectivity index (χ0v) is 12.9. The van der Waals surface area contributed by atoms with E-state index >= 15 is 0 Å². The number of nitrogens with zero attached hydrogens (tertiary/aromatic N) is 1. The van der Waals surface area contributed by atoms with E-state index in [1.165, 1.54) is 5.56 Å². The quantitative estimate of drug-likeness (QED) is 0.927. The van der Waals surface area contributed by atoms with Gasteiger partial charge in [-0.3, -0.25) is 4.79 Å². The van der Waals surface area contributed by atoms with Gasteiger partial charge in [-0.15, -0.1) is 0 Å². The van der Waals surface area contributed by atoms with E-state index in [0.717, 1.165) is 37.2 Å². The van der Waals surface area contributed by atoms with Crippen molar-refractivity contribution in [2.45, 2.75) is 39.5 Å². The molecule has 0 saturated carbocycles. The van der Waals surface area contributed by atoms with Gasteiger partial charge in [-0.05, 0) is 42.1 Å². The molecule has 0 bridgehead atoms. The van der Waals surface area contributed by atoms with Crippen LogP contribution >= 0.6 is 0 Å². The lowest BCUT2D eigenvalue weighted by molar-refractivity contribution is 0.0646. The van der Waals surface area contributed by atoms with Gasteiger partial charge in [-0.2, -0.15) is 0 Å². The number of ether oxygens (including phenoxy) is 1. The molecule has 1 N–H and O–H groups in total. The number of likely N-dealkylation sites (tertiary alicyclic amines) is 1. The van der Waals surface area contributed by atoms with Gasteiger partial charge in [0.2, 0.25) is 0 Å². The Morgan fingerprint density at radius 1 is 1.38 bits per heavy atom. The first-order valence-corrected chi connectivity index (χ1v) is 7.91. The summed E-state index contributed by atoms with van der Waals surface area (Å²) in [5, 5.41) is 3.51. The fraction of sp³-hybridized carbons (Fsp3) is 0.588. The molecule has 2 unspecified atom stereocenters.